The molecule has 3 aromatic heterocycles. The molecule has 4 aromatic rings. The molecule has 128 valence electrons. The summed E-state index contributed by atoms with van der Waals surface area (Å²) in [6.45, 7) is 4.21. The molecule has 0 spiro atoms. The summed E-state index contributed by atoms with van der Waals surface area (Å²) in [5, 5.41) is 18.6. The molecule has 25 heavy (non-hydrogen) atoms. The normalized spacial score (nSPS) is 11.7. The zero-order valence-electron chi connectivity index (χ0n) is 14.1. The van der Waals surface area contributed by atoms with E-state index >= 15 is 0 Å². The van der Waals surface area contributed by atoms with Crippen LogP contribution in [0, 0.1) is 5.82 Å². The number of aromatic nitrogens is 6. The average molecular weight is 356 g/mol. The van der Waals surface area contributed by atoms with Gasteiger partial charge in [0.1, 0.15) is 16.5 Å². The molecule has 0 fully saturated rings. The number of hydrogen-bond donors (Lipinski definition) is 0. The Morgan fingerprint density at radius 3 is 2.56 bits per heavy atom. The molecule has 0 saturated carbocycles. The van der Waals surface area contributed by atoms with E-state index in [2.05, 4.69) is 34.2 Å². The highest BCUT2D eigenvalue weighted by Gasteiger charge is 2.18. The Hall–Kier alpha value is -2.61. The maximum atomic E-state index is 13.0. The SMILES string of the molecule is CC(C)c1cc(-c2nnc3sc(Cc4ccc(F)cc4)nn23)n(C)n1. The second kappa shape index (κ2) is 6.03. The first kappa shape index (κ1) is 15.9. The first-order chi connectivity index (χ1) is 12.0. The molecule has 0 aliphatic heterocycles. The van der Waals surface area contributed by atoms with Crippen LogP contribution in [0.5, 0.6) is 0 Å². The molecule has 0 aliphatic rings. The third-order valence-corrected chi connectivity index (χ3v) is 4.92. The van der Waals surface area contributed by atoms with Crippen molar-refractivity contribution in [1.82, 2.24) is 29.6 Å². The van der Waals surface area contributed by atoms with E-state index in [1.165, 1.54) is 23.5 Å². The van der Waals surface area contributed by atoms with Crippen molar-refractivity contribution in [3.05, 3.63) is 52.4 Å². The predicted molar refractivity (Wildman–Crippen MR) is 94.2 cm³/mol. The van der Waals surface area contributed by atoms with Crippen molar-refractivity contribution in [3.63, 3.8) is 0 Å². The van der Waals surface area contributed by atoms with Gasteiger partial charge < -0.3 is 0 Å². The molecule has 6 nitrogen and oxygen atoms in total. The molecule has 1 aromatic carbocycles. The summed E-state index contributed by atoms with van der Waals surface area (Å²) in [5.41, 5.74) is 2.90. The Morgan fingerprint density at radius 2 is 1.88 bits per heavy atom. The standard InChI is InChI=1S/C17H17FN6S/c1-10(2)13-9-14(23(3)21-13)16-19-20-17-24(16)22-15(25-17)8-11-4-6-12(18)7-5-11/h4-7,9-10H,8H2,1-3H3. The van der Waals surface area contributed by atoms with Gasteiger partial charge in [-0.05, 0) is 29.7 Å². The molecule has 0 atom stereocenters. The molecular formula is C17H17FN6S. The lowest BCUT2D eigenvalue weighted by atomic mass is 10.1. The monoisotopic (exact) mass is 356 g/mol. The maximum absolute atomic E-state index is 13.0. The highest BCUT2D eigenvalue weighted by atomic mass is 32.1. The molecule has 0 bridgehead atoms. The van der Waals surface area contributed by atoms with Gasteiger partial charge in [-0.25, -0.2) is 4.39 Å². The second-order valence-corrected chi connectivity index (χ2v) is 7.29. The third kappa shape index (κ3) is 2.93. The highest BCUT2D eigenvalue weighted by molar-refractivity contribution is 7.16. The molecule has 0 saturated heterocycles. The lowest BCUT2D eigenvalue weighted by Gasteiger charge is -1.98. The summed E-state index contributed by atoms with van der Waals surface area (Å²) in [6.07, 6.45) is 0.635. The van der Waals surface area contributed by atoms with Crippen molar-refractivity contribution >= 4 is 16.3 Å². The number of nitrogens with zero attached hydrogens (tertiary/aromatic N) is 6. The van der Waals surface area contributed by atoms with E-state index in [0.717, 1.165) is 26.9 Å². The Balaban J connectivity index is 1.70. The maximum Gasteiger partial charge on any atom is 0.235 e. The van der Waals surface area contributed by atoms with Crippen LogP contribution in [0.15, 0.2) is 30.3 Å². The van der Waals surface area contributed by atoms with E-state index in [-0.39, 0.29) is 5.82 Å². The summed E-state index contributed by atoms with van der Waals surface area (Å²) < 4.78 is 16.6. The minimum absolute atomic E-state index is 0.235. The first-order valence-electron chi connectivity index (χ1n) is 8.01. The number of fused-ring (bicyclic) bond motifs is 1. The van der Waals surface area contributed by atoms with E-state index in [1.54, 1.807) is 16.6 Å². The van der Waals surface area contributed by atoms with Crippen LogP contribution in [0.3, 0.4) is 0 Å². The van der Waals surface area contributed by atoms with Crippen molar-refractivity contribution < 1.29 is 4.39 Å². The summed E-state index contributed by atoms with van der Waals surface area (Å²) in [6, 6.07) is 8.50. The predicted octanol–water partition coefficient (Wildman–Crippen LogP) is 3.44. The van der Waals surface area contributed by atoms with Gasteiger partial charge in [-0.15, -0.1) is 10.2 Å². The molecule has 3 heterocycles. The van der Waals surface area contributed by atoms with Crippen LogP contribution in [-0.4, -0.2) is 29.6 Å². The van der Waals surface area contributed by atoms with Gasteiger partial charge in [0, 0.05) is 13.5 Å². The number of halogens is 1. The topological polar surface area (TPSA) is 60.9 Å². The lowest BCUT2D eigenvalue weighted by molar-refractivity contribution is 0.627. The summed E-state index contributed by atoms with van der Waals surface area (Å²) >= 11 is 1.49. The van der Waals surface area contributed by atoms with Gasteiger partial charge in [-0.2, -0.15) is 14.7 Å². The van der Waals surface area contributed by atoms with Crippen LogP contribution in [0.4, 0.5) is 4.39 Å². The minimum atomic E-state index is -0.235. The van der Waals surface area contributed by atoms with E-state index < -0.39 is 0 Å². The zero-order valence-corrected chi connectivity index (χ0v) is 15.0. The van der Waals surface area contributed by atoms with Gasteiger partial charge >= 0.3 is 0 Å². The van der Waals surface area contributed by atoms with E-state index in [4.69, 9.17) is 0 Å². The quantitative estimate of drug-likeness (QED) is 0.562. The fraction of sp³-hybridized carbons (Fsp3) is 0.294. The molecule has 4 rings (SSSR count). The Morgan fingerprint density at radius 1 is 1.12 bits per heavy atom. The molecule has 8 heteroatoms. The van der Waals surface area contributed by atoms with E-state index in [9.17, 15) is 4.39 Å². The van der Waals surface area contributed by atoms with Crippen molar-refractivity contribution in [2.75, 3.05) is 0 Å². The van der Waals surface area contributed by atoms with Crippen LogP contribution in [-0.2, 0) is 13.5 Å². The zero-order chi connectivity index (χ0) is 17.6. The van der Waals surface area contributed by atoms with Crippen molar-refractivity contribution in [3.8, 4) is 11.5 Å². The van der Waals surface area contributed by atoms with Gasteiger partial charge in [-0.1, -0.05) is 37.3 Å². The highest BCUT2D eigenvalue weighted by Crippen LogP contribution is 2.25. The fourth-order valence-electron chi connectivity index (χ4n) is 2.65. The van der Waals surface area contributed by atoms with Gasteiger partial charge in [0.15, 0.2) is 0 Å². The number of rotatable bonds is 4. The molecule has 0 amide bonds. The summed E-state index contributed by atoms with van der Waals surface area (Å²) in [5.74, 6) is 0.785. The molecule has 0 aliphatic carbocycles. The Bertz CT molecular complexity index is 1030. The van der Waals surface area contributed by atoms with Crippen LogP contribution in [0.1, 0.15) is 36.0 Å². The smallest absolute Gasteiger partial charge is 0.235 e. The first-order valence-corrected chi connectivity index (χ1v) is 8.83. The molecule has 0 radical (unpaired) electrons. The molecular weight excluding hydrogens is 339 g/mol. The largest absolute Gasteiger partial charge is 0.264 e. The van der Waals surface area contributed by atoms with Crippen molar-refractivity contribution in [2.45, 2.75) is 26.2 Å². The van der Waals surface area contributed by atoms with E-state index in [0.29, 0.717) is 18.2 Å². The number of benzene rings is 1. The Labute approximate surface area is 147 Å². The fourth-order valence-corrected chi connectivity index (χ4v) is 3.51. The van der Waals surface area contributed by atoms with E-state index in [1.807, 2.05) is 17.8 Å². The summed E-state index contributed by atoms with van der Waals surface area (Å²) in [4.78, 5) is 0.736. The van der Waals surface area contributed by atoms with Crippen LogP contribution in [0.2, 0.25) is 0 Å². The van der Waals surface area contributed by atoms with Crippen molar-refractivity contribution in [1.29, 1.82) is 0 Å². The van der Waals surface area contributed by atoms with Crippen molar-refractivity contribution in [2.24, 2.45) is 7.05 Å². The molecule has 0 unspecified atom stereocenters. The average Bonchev–Trinajstić information content (AvgIpc) is 3.23. The Kier molecular flexibility index (Phi) is 3.84. The third-order valence-electron chi connectivity index (χ3n) is 4.02. The lowest BCUT2D eigenvalue weighted by Crippen LogP contribution is -1.99. The van der Waals surface area contributed by atoms with Gasteiger partial charge in [0.25, 0.3) is 0 Å². The summed E-state index contributed by atoms with van der Waals surface area (Å²) in [7, 11) is 1.90. The molecule has 0 N–H and O–H groups in total. The van der Waals surface area contributed by atoms with Crippen LogP contribution in [0.25, 0.3) is 16.5 Å². The minimum Gasteiger partial charge on any atom is -0.264 e. The van der Waals surface area contributed by atoms with Gasteiger partial charge in [0.05, 0.1) is 5.69 Å². The van der Waals surface area contributed by atoms with Gasteiger partial charge in [0.2, 0.25) is 10.8 Å². The second-order valence-electron chi connectivity index (χ2n) is 6.25. The van der Waals surface area contributed by atoms with Crippen LogP contribution < -0.4 is 0 Å². The van der Waals surface area contributed by atoms with Crippen LogP contribution >= 0.6 is 11.3 Å². The van der Waals surface area contributed by atoms with Gasteiger partial charge in [-0.3, -0.25) is 4.68 Å². The number of aryl methyl sites for hydroxylation is 1. The number of hydrogen-bond acceptors (Lipinski definition) is 5.